The first-order valence-corrected chi connectivity index (χ1v) is 14.9. The van der Waals surface area contributed by atoms with Crippen molar-refractivity contribution in [1.29, 1.82) is 0 Å². The molecule has 0 fully saturated rings. The molecule has 1 atom stereocenters. The largest absolute Gasteiger partial charge is 0.348 e. The molecule has 4 nitrogen and oxygen atoms in total. The van der Waals surface area contributed by atoms with Crippen molar-refractivity contribution < 1.29 is 9.59 Å². The number of hydrogen-bond donors (Lipinski definition) is 2. The summed E-state index contributed by atoms with van der Waals surface area (Å²) in [6, 6.07) is 9.97. The van der Waals surface area contributed by atoms with Gasteiger partial charge in [-0.2, -0.15) is 0 Å². The molecule has 0 saturated heterocycles. The number of aryl methyl sites for hydroxylation is 1. The summed E-state index contributed by atoms with van der Waals surface area (Å²) in [4.78, 5) is 29.6. The third-order valence-corrected chi connectivity index (χ3v) is 10.1. The molecule has 2 N–H and O–H groups in total. The highest BCUT2D eigenvalue weighted by Crippen LogP contribution is 2.42. The molecule has 36 heavy (non-hydrogen) atoms. The predicted octanol–water partition coefficient (Wildman–Crippen LogP) is 7.41. The van der Waals surface area contributed by atoms with Crippen LogP contribution >= 0.6 is 22.7 Å². The zero-order valence-corrected chi connectivity index (χ0v) is 23.2. The fourth-order valence-electron chi connectivity index (χ4n) is 5.55. The van der Waals surface area contributed by atoms with Gasteiger partial charge in [0.1, 0.15) is 5.00 Å². The van der Waals surface area contributed by atoms with Gasteiger partial charge in [-0.1, -0.05) is 57.5 Å². The average Bonchev–Trinajstić information content (AvgIpc) is 3.35. The van der Waals surface area contributed by atoms with E-state index in [0.29, 0.717) is 23.0 Å². The Kier molecular flexibility index (Phi) is 7.36. The van der Waals surface area contributed by atoms with Gasteiger partial charge in [-0.25, -0.2) is 0 Å². The lowest BCUT2D eigenvalue weighted by atomic mass is 9.72. The molecule has 0 radical (unpaired) electrons. The second kappa shape index (κ2) is 10.5. The predicted molar refractivity (Wildman–Crippen MR) is 150 cm³/mol. The maximum atomic E-state index is 13.5. The highest BCUT2D eigenvalue weighted by atomic mass is 32.1. The number of carbonyl (C=O) groups is 2. The van der Waals surface area contributed by atoms with Crippen LogP contribution in [0.15, 0.2) is 35.7 Å². The summed E-state index contributed by atoms with van der Waals surface area (Å²) < 4.78 is 0. The number of benzene rings is 1. The maximum Gasteiger partial charge on any atom is 0.257 e. The lowest BCUT2D eigenvalue weighted by molar-refractivity contribution is 0.0951. The molecule has 2 aromatic heterocycles. The van der Waals surface area contributed by atoms with E-state index in [9.17, 15) is 9.59 Å². The third-order valence-electron chi connectivity index (χ3n) is 7.80. The minimum absolute atomic E-state index is 0.0739. The molecule has 190 valence electrons. The number of rotatable bonds is 5. The summed E-state index contributed by atoms with van der Waals surface area (Å²) >= 11 is 3.32. The van der Waals surface area contributed by atoms with Crippen molar-refractivity contribution in [2.45, 2.75) is 78.7 Å². The molecule has 0 saturated carbocycles. The van der Waals surface area contributed by atoms with Crippen molar-refractivity contribution in [2.75, 3.05) is 5.32 Å². The zero-order valence-electron chi connectivity index (χ0n) is 21.5. The fourth-order valence-corrected chi connectivity index (χ4v) is 7.99. The Morgan fingerprint density at radius 3 is 2.50 bits per heavy atom. The van der Waals surface area contributed by atoms with Crippen LogP contribution in [0.5, 0.6) is 0 Å². The van der Waals surface area contributed by atoms with Crippen LogP contribution in [0, 0.1) is 11.3 Å². The number of anilines is 1. The topological polar surface area (TPSA) is 58.2 Å². The molecule has 2 heterocycles. The summed E-state index contributed by atoms with van der Waals surface area (Å²) in [5.74, 6) is 0.483. The molecule has 2 aliphatic carbocycles. The smallest absolute Gasteiger partial charge is 0.257 e. The highest BCUT2D eigenvalue weighted by Gasteiger charge is 2.32. The van der Waals surface area contributed by atoms with Crippen LogP contribution in [0.4, 0.5) is 5.00 Å². The van der Waals surface area contributed by atoms with Crippen LogP contribution in [-0.4, -0.2) is 11.8 Å². The van der Waals surface area contributed by atoms with E-state index in [4.69, 9.17) is 0 Å². The van der Waals surface area contributed by atoms with Crippen LogP contribution in [0.1, 0.15) is 93.6 Å². The molecule has 0 spiro atoms. The Morgan fingerprint density at radius 2 is 1.72 bits per heavy atom. The van der Waals surface area contributed by atoms with E-state index < -0.39 is 0 Å². The van der Waals surface area contributed by atoms with Crippen molar-refractivity contribution in [2.24, 2.45) is 11.3 Å². The van der Waals surface area contributed by atoms with E-state index >= 15 is 0 Å². The maximum absolute atomic E-state index is 13.5. The van der Waals surface area contributed by atoms with E-state index in [1.807, 2.05) is 35.7 Å². The van der Waals surface area contributed by atoms with Gasteiger partial charge in [-0.15, -0.1) is 22.7 Å². The van der Waals surface area contributed by atoms with Crippen LogP contribution in [0.2, 0.25) is 0 Å². The first kappa shape index (κ1) is 25.2. The number of thiophene rings is 2. The quantitative estimate of drug-likeness (QED) is 0.344. The van der Waals surface area contributed by atoms with Crippen molar-refractivity contribution in [3.63, 3.8) is 0 Å². The Bertz CT molecular complexity index is 1250. The Balaban J connectivity index is 1.38. The van der Waals surface area contributed by atoms with Crippen molar-refractivity contribution in [3.05, 3.63) is 73.3 Å². The van der Waals surface area contributed by atoms with Crippen molar-refractivity contribution >= 4 is 39.5 Å². The average molecular weight is 521 g/mol. The number of amides is 2. The van der Waals surface area contributed by atoms with Crippen LogP contribution in [0.25, 0.3) is 0 Å². The third kappa shape index (κ3) is 5.30. The van der Waals surface area contributed by atoms with E-state index in [-0.39, 0.29) is 17.2 Å². The summed E-state index contributed by atoms with van der Waals surface area (Å²) in [5, 5.41) is 9.03. The number of hydrogen-bond acceptors (Lipinski definition) is 4. The van der Waals surface area contributed by atoms with Gasteiger partial charge in [0.05, 0.1) is 11.1 Å². The molecule has 0 aliphatic heterocycles. The normalized spacial score (nSPS) is 17.6. The molecular formula is C30H36N2O2S2. The van der Waals surface area contributed by atoms with E-state index in [1.54, 1.807) is 22.7 Å². The molecule has 5 rings (SSSR count). The minimum atomic E-state index is -0.0890. The van der Waals surface area contributed by atoms with Crippen molar-refractivity contribution in [1.82, 2.24) is 5.32 Å². The second-order valence-corrected chi connectivity index (χ2v) is 13.3. The monoisotopic (exact) mass is 520 g/mol. The fraction of sp³-hybridized carbons (Fsp3) is 0.467. The molecule has 0 bridgehead atoms. The standard InChI is InChI=1S/C30H36N2O2S2/c1-30(2,3)20-14-15-21-23(18-35-25(21)16-20)27(33)32-29-26(22-12-8-5-9-13-24(22)36-29)28(34)31-17-19-10-6-4-7-11-19/h4,6-7,10-11,18,20H,5,8-9,12-17H2,1-3H3,(H,31,34)(H,32,33)/t20-/m1/s1. The molecule has 1 aromatic carbocycles. The molecule has 3 aromatic rings. The van der Waals surface area contributed by atoms with Gasteiger partial charge in [0.15, 0.2) is 0 Å². The SMILES string of the molecule is CC(C)(C)[C@@H]1CCc2c(C(=O)Nc3sc4c(c3C(=O)NCc3ccccc3)CCCCC4)csc2C1. The molecular weight excluding hydrogens is 484 g/mol. The van der Waals surface area contributed by atoms with Crippen LogP contribution < -0.4 is 10.6 Å². The summed E-state index contributed by atoms with van der Waals surface area (Å²) in [6.45, 7) is 7.42. The molecule has 2 amide bonds. The van der Waals surface area contributed by atoms with Gasteiger partial charge in [0.25, 0.3) is 11.8 Å². The summed E-state index contributed by atoms with van der Waals surface area (Å²) in [6.07, 6.45) is 8.42. The lowest BCUT2D eigenvalue weighted by Gasteiger charge is -2.34. The van der Waals surface area contributed by atoms with Gasteiger partial charge in [0.2, 0.25) is 0 Å². The van der Waals surface area contributed by atoms with Crippen LogP contribution in [-0.2, 0) is 32.2 Å². The molecule has 2 aliphatic rings. The Morgan fingerprint density at radius 1 is 0.944 bits per heavy atom. The number of nitrogens with one attached hydrogen (secondary N) is 2. The molecule has 0 unspecified atom stereocenters. The minimum Gasteiger partial charge on any atom is -0.348 e. The molecule has 6 heteroatoms. The van der Waals surface area contributed by atoms with E-state index in [0.717, 1.165) is 61.6 Å². The Labute approximate surface area is 222 Å². The Hall–Kier alpha value is -2.44. The number of fused-ring (bicyclic) bond motifs is 2. The van der Waals surface area contributed by atoms with Gasteiger partial charge >= 0.3 is 0 Å². The van der Waals surface area contributed by atoms with Crippen LogP contribution in [0.3, 0.4) is 0 Å². The highest BCUT2D eigenvalue weighted by molar-refractivity contribution is 7.17. The van der Waals surface area contributed by atoms with Gasteiger partial charge in [-0.05, 0) is 73.0 Å². The summed E-state index contributed by atoms with van der Waals surface area (Å²) in [7, 11) is 0. The second-order valence-electron chi connectivity index (χ2n) is 11.2. The number of carbonyl (C=O) groups excluding carboxylic acids is 2. The summed E-state index contributed by atoms with van der Waals surface area (Å²) in [5.41, 5.74) is 5.17. The lowest BCUT2D eigenvalue weighted by Crippen LogP contribution is -2.27. The van der Waals surface area contributed by atoms with Gasteiger partial charge in [-0.3, -0.25) is 9.59 Å². The van der Waals surface area contributed by atoms with E-state index in [2.05, 4.69) is 31.4 Å². The zero-order chi connectivity index (χ0) is 25.3. The first-order chi connectivity index (χ1) is 17.3. The van der Waals surface area contributed by atoms with Gasteiger partial charge < -0.3 is 10.6 Å². The van der Waals surface area contributed by atoms with Crippen molar-refractivity contribution in [3.8, 4) is 0 Å². The van der Waals surface area contributed by atoms with Gasteiger partial charge in [0, 0.05) is 21.7 Å². The van der Waals surface area contributed by atoms with E-state index in [1.165, 1.54) is 21.7 Å². The first-order valence-electron chi connectivity index (χ1n) is 13.2.